The van der Waals surface area contributed by atoms with Gasteiger partial charge < -0.3 is 25.7 Å². The zero-order valence-electron chi connectivity index (χ0n) is 15.8. The molecule has 4 rings (SSSR count). The Morgan fingerprint density at radius 3 is 2.72 bits per heavy atom. The lowest BCUT2D eigenvalue weighted by Gasteiger charge is -2.10. The van der Waals surface area contributed by atoms with Crippen LogP contribution in [0.2, 0.25) is 0 Å². The Bertz CT molecular complexity index is 1130. The number of nitrogen functional groups attached to an aromatic ring is 1. The number of carbonyl (C=O) groups is 1. The van der Waals surface area contributed by atoms with E-state index in [2.05, 4.69) is 20.6 Å². The third-order valence-electron chi connectivity index (χ3n) is 4.52. The molecule has 0 spiro atoms. The quantitative estimate of drug-likeness (QED) is 0.421. The Hall–Kier alpha value is -3.65. The van der Waals surface area contributed by atoms with Crippen molar-refractivity contribution in [1.29, 1.82) is 0 Å². The van der Waals surface area contributed by atoms with Gasteiger partial charge in [0.05, 0.1) is 30.6 Å². The number of rotatable bonds is 7. The normalized spacial score (nSPS) is 11.0. The van der Waals surface area contributed by atoms with Gasteiger partial charge in [-0.25, -0.2) is 14.8 Å². The summed E-state index contributed by atoms with van der Waals surface area (Å²) in [5.74, 6) is 0.423. The number of pyridine rings is 1. The van der Waals surface area contributed by atoms with E-state index in [-0.39, 0.29) is 6.03 Å². The summed E-state index contributed by atoms with van der Waals surface area (Å²) in [5, 5.41) is 6.54. The number of nitrogens with zero attached hydrogens (tertiary/aromatic N) is 3. The summed E-state index contributed by atoms with van der Waals surface area (Å²) < 4.78 is 7.68. The molecule has 2 aromatic carbocycles. The van der Waals surface area contributed by atoms with Crippen molar-refractivity contribution in [3.63, 3.8) is 0 Å². The molecule has 8 heteroatoms. The Morgan fingerprint density at radius 2 is 1.86 bits per heavy atom. The van der Waals surface area contributed by atoms with E-state index in [1.54, 1.807) is 6.33 Å². The average molecular weight is 390 g/mol. The van der Waals surface area contributed by atoms with Gasteiger partial charge in [0.15, 0.2) is 5.82 Å². The molecule has 0 atom stereocenters. The second-order valence-corrected chi connectivity index (χ2v) is 6.51. The van der Waals surface area contributed by atoms with E-state index in [0.29, 0.717) is 37.6 Å². The fraction of sp³-hybridized carbons (Fsp3) is 0.190. The molecule has 148 valence electrons. The molecule has 0 saturated carbocycles. The van der Waals surface area contributed by atoms with Gasteiger partial charge in [-0.05, 0) is 18.2 Å². The molecule has 8 nitrogen and oxygen atoms in total. The maximum Gasteiger partial charge on any atom is 0.319 e. The van der Waals surface area contributed by atoms with Crippen molar-refractivity contribution in [1.82, 2.24) is 19.9 Å². The van der Waals surface area contributed by atoms with Gasteiger partial charge in [0.25, 0.3) is 0 Å². The number of hydrogen-bond donors (Lipinski definition) is 3. The van der Waals surface area contributed by atoms with Crippen LogP contribution in [0.15, 0.2) is 60.9 Å². The lowest BCUT2D eigenvalue weighted by atomic mass is 10.2. The average Bonchev–Trinajstić information content (AvgIpc) is 3.16. The molecule has 4 aromatic rings. The van der Waals surface area contributed by atoms with Crippen molar-refractivity contribution in [2.45, 2.75) is 6.54 Å². The van der Waals surface area contributed by atoms with Gasteiger partial charge in [0.1, 0.15) is 5.52 Å². The number of aromatic nitrogens is 3. The maximum absolute atomic E-state index is 11.8. The van der Waals surface area contributed by atoms with Crippen molar-refractivity contribution >= 4 is 39.5 Å². The Kier molecular flexibility index (Phi) is 5.53. The molecule has 0 unspecified atom stereocenters. The summed E-state index contributed by atoms with van der Waals surface area (Å²) in [4.78, 5) is 20.6. The fourth-order valence-corrected chi connectivity index (χ4v) is 3.17. The SMILES string of the molecule is Nc1nc2ccccc2c2c1ncn2CCOCCNC(=O)Nc1ccccc1. The number of amides is 2. The molecule has 0 saturated heterocycles. The molecule has 0 fully saturated rings. The molecule has 0 radical (unpaired) electrons. The van der Waals surface area contributed by atoms with Crippen molar-refractivity contribution < 1.29 is 9.53 Å². The first-order chi connectivity index (χ1) is 14.2. The summed E-state index contributed by atoms with van der Waals surface area (Å²) >= 11 is 0. The highest BCUT2D eigenvalue weighted by molar-refractivity contribution is 6.06. The van der Waals surface area contributed by atoms with E-state index in [1.807, 2.05) is 59.2 Å². The topological polar surface area (TPSA) is 107 Å². The minimum atomic E-state index is -0.255. The lowest BCUT2D eigenvalue weighted by Crippen LogP contribution is -2.31. The molecule has 29 heavy (non-hydrogen) atoms. The molecule has 2 aromatic heterocycles. The van der Waals surface area contributed by atoms with E-state index in [1.165, 1.54) is 0 Å². The predicted octanol–water partition coefficient (Wildman–Crippen LogP) is 3.01. The number of ether oxygens (including phenoxy) is 1. The first kappa shape index (κ1) is 18.7. The minimum Gasteiger partial charge on any atom is -0.382 e. The van der Waals surface area contributed by atoms with Crippen LogP contribution in [0.3, 0.4) is 0 Å². The molecular weight excluding hydrogens is 368 g/mol. The monoisotopic (exact) mass is 390 g/mol. The number of urea groups is 1. The third kappa shape index (κ3) is 4.27. The summed E-state index contributed by atoms with van der Waals surface area (Å²) in [6.07, 6.45) is 1.75. The number of nitrogens with one attached hydrogen (secondary N) is 2. The van der Waals surface area contributed by atoms with Crippen LogP contribution in [0.1, 0.15) is 0 Å². The molecule has 0 aliphatic carbocycles. The van der Waals surface area contributed by atoms with Gasteiger partial charge in [-0.1, -0.05) is 36.4 Å². The van der Waals surface area contributed by atoms with E-state index in [9.17, 15) is 4.79 Å². The largest absolute Gasteiger partial charge is 0.382 e. The molecular formula is C21H22N6O2. The zero-order chi connectivity index (χ0) is 20.1. The number of anilines is 2. The van der Waals surface area contributed by atoms with E-state index in [4.69, 9.17) is 10.5 Å². The number of nitrogens with two attached hydrogens (primary N) is 1. The highest BCUT2D eigenvalue weighted by Crippen LogP contribution is 2.26. The number of fused-ring (bicyclic) bond motifs is 3. The summed E-state index contributed by atoms with van der Waals surface area (Å²) in [6.45, 7) is 1.95. The molecule has 0 aliphatic rings. The van der Waals surface area contributed by atoms with Crippen LogP contribution in [0, 0.1) is 0 Å². The van der Waals surface area contributed by atoms with E-state index < -0.39 is 0 Å². The summed E-state index contributed by atoms with van der Waals surface area (Å²) in [7, 11) is 0. The smallest absolute Gasteiger partial charge is 0.319 e. The van der Waals surface area contributed by atoms with Crippen LogP contribution in [-0.4, -0.2) is 40.3 Å². The van der Waals surface area contributed by atoms with Crippen molar-refractivity contribution in [2.75, 3.05) is 30.8 Å². The molecule has 2 heterocycles. The predicted molar refractivity (Wildman–Crippen MR) is 114 cm³/mol. The number of benzene rings is 2. The number of hydrogen-bond acceptors (Lipinski definition) is 5. The maximum atomic E-state index is 11.8. The minimum absolute atomic E-state index is 0.255. The first-order valence-electron chi connectivity index (χ1n) is 9.39. The van der Waals surface area contributed by atoms with Crippen LogP contribution in [-0.2, 0) is 11.3 Å². The van der Waals surface area contributed by atoms with Gasteiger partial charge in [-0.15, -0.1) is 0 Å². The van der Waals surface area contributed by atoms with Crippen molar-refractivity contribution in [3.05, 3.63) is 60.9 Å². The second-order valence-electron chi connectivity index (χ2n) is 6.51. The van der Waals surface area contributed by atoms with Gasteiger partial charge in [0, 0.05) is 24.2 Å². The van der Waals surface area contributed by atoms with Crippen molar-refractivity contribution in [2.24, 2.45) is 0 Å². The second kappa shape index (κ2) is 8.57. The molecule has 0 aliphatic heterocycles. The van der Waals surface area contributed by atoms with Crippen molar-refractivity contribution in [3.8, 4) is 0 Å². The Balaban J connectivity index is 1.28. The zero-order valence-corrected chi connectivity index (χ0v) is 15.8. The number of carbonyl (C=O) groups excluding carboxylic acids is 1. The van der Waals surface area contributed by atoms with Gasteiger partial charge in [-0.2, -0.15) is 0 Å². The van der Waals surface area contributed by atoms with Crippen LogP contribution < -0.4 is 16.4 Å². The molecule has 4 N–H and O–H groups in total. The Labute approximate surface area is 167 Å². The molecule has 2 amide bonds. The van der Waals surface area contributed by atoms with E-state index >= 15 is 0 Å². The standard InChI is InChI=1S/C21H22N6O2/c22-20-18-19(16-8-4-5-9-17(16)26-20)27(14-24-18)11-13-29-12-10-23-21(28)25-15-6-2-1-3-7-15/h1-9,14H,10-13H2,(H2,22,26)(H2,23,25,28). The van der Waals surface area contributed by atoms with E-state index in [0.717, 1.165) is 22.1 Å². The Morgan fingerprint density at radius 1 is 1.07 bits per heavy atom. The number of imidazole rings is 1. The van der Waals surface area contributed by atoms with Crippen LogP contribution in [0.5, 0.6) is 0 Å². The number of para-hydroxylation sites is 2. The molecule has 0 bridgehead atoms. The van der Waals surface area contributed by atoms with Crippen LogP contribution >= 0.6 is 0 Å². The van der Waals surface area contributed by atoms with Gasteiger partial charge in [-0.3, -0.25) is 0 Å². The third-order valence-corrected chi connectivity index (χ3v) is 4.52. The first-order valence-corrected chi connectivity index (χ1v) is 9.39. The summed E-state index contributed by atoms with van der Waals surface area (Å²) in [6, 6.07) is 16.9. The van der Waals surface area contributed by atoms with Gasteiger partial charge >= 0.3 is 6.03 Å². The van der Waals surface area contributed by atoms with Gasteiger partial charge in [0.2, 0.25) is 0 Å². The highest BCUT2D eigenvalue weighted by Gasteiger charge is 2.11. The van der Waals surface area contributed by atoms with Crippen LogP contribution in [0.25, 0.3) is 21.9 Å². The highest BCUT2D eigenvalue weighted by atomic mass is 16.5. The fourth-order valence-electron chi connectivity index (χ4n) is 3.17. The summed E-state index contributed by atoms with van der Waals surface area (Å²) in [5.41, 5.74) is 9.29. The lowest BCUT2D eigenvalue weighted by molar-refractivity contribution is 0.130. The van der Waals surface area contributed by atoms with Crippen LogP contribution in [0.4, 0.5) is 16.3 Å².